The van der Waals surface area contributed by atoms with Crippen molar-refractivity contribution in [2.45, 2.75) is 19.3 Å². The summed E-state index contributed by atoms with van der Waals surface area (Å²) in [5.74, 6) is -1.58. The number of benzene rings is 1. The molecule has 0 amide bonds. The van der Waals surface area contributed by atoms with Crippen LogP contribution in [0.25, 0.3) is 11.4 Å². The number of nitrogens with zero attached hydrogens (tertiary/aromatic N) is 1. The lowest BCUT2D eigenvalue weighted by Crippen LogP contribution is -2.21. The van der Waals surface area contributed by atoms with Crippen LogP contribution in [0.1, 0.15) is 28.4 Å². The maximum Gasteiger partial charge on any atom is 0.416 e. The topological polar surface area (TPSA) is 72.0 Å². The Hall–Kier alpha value is -2.85. The molecule has 0 aliphatic carbocycles. The molecular formula is C15H10F6N2O3. The van der Waals surface area contributed by atoms with Gasteiger partial charge < -0.3 is 9.72 Å². The van der Waals surface area contributed by atoms with Crippen LogP contribution in [0.5, 0.6) is 0 Å². The van der Waals surface area contributed by atoms with Gasteiger partial charge in [-0.25, -0.2) is 9.78 Å². The molecule has 5 nitrogen and oxygen atoms in total. The van der Waals surface area contributed by atoms with Crippen molar-refractivity contribution in [1.29, 1.82) is 0 Å². The molecule has 1 heterocycles. The number of hydrogen-bond acceptors (Lipinski definition) is 4. The number of H-pyrrole nitrogens is 1. The molecule has 0 atom stereocenters. The van der Waals surface area contributed by atoms with E-state index in [9.17, 15) is 35.9 Å². The van der Waals surface area contributed by atoms with Crippen LogP contribution in [0.4, 0.5) is 26.3 Å². The third-order valence-corrected chi connectivity index (χ3v) is 3.16. The number of aromatic amines is 1. The van der Waals surface area contributed by atoms with Crippen molar-refractivity contribution >= 4 is 5.97 Å². The Kier molecular flexibility index (Phi) is 5.10. The largest absolute Gasteiger partial charge is 0.462 e. The van der Waals surface area contributed by atoms with Crippen LogP contribution in [0.2, 0.25) is 0 Å². The zero-order chi connectivity index (χ0) is 19.7. The van der Waals surface area contributed by atoms with E-state index in [1.165, 1.54) is 6.92 Å². The Balaban J connectivity index is 2.59. The molecule has 1 aromatic heterocycles. The summed E-state index contributed by atoms with van der Waals surface area (Å²) < 4.78 is 81.8. The number of ether oxygens (including phenoxy) is 1. The molecule has 0 aliphatic rings. The fourth-order valence-corrected chi connectivity index (χ4v) is 1.99. The number of hydrogen-bond donors (Lipinski definition) is 1. The lowest BCUT2D eigenvalue weighted by molar-refractivity contribution is -0.143. The van der Waals surface area contributed by atoms with Gasteiger partial charge in [0.2, 0.25) is 0 Å². The van der Waals surface area contributed by atoms with Crippen molar-refractivity contribution in [2.24, 2.45) is 0 Å². The van der Waals surface area contributed by atoms with E-state index in [0.29, 0.717) is 12.1 Å². The fraction of sp³-hybridized carbons (Fsp3) is 0.267. The van der Waals surface area contributed by atoms with Gasteiger partial charge in [-0.3, -0.25) is 4.79 Å². The van der Waals surface area contributed by atoms with Crippen LogP contribution in [-0.4, -0.2) is 22.5 Å². The summed E-state index contributed by atoms with van der Waals surface area (Å²) in [5, 5.41) is 0. The number of halogens is 6. The van der Waals surface area contributed by atoms with E-state index in [1.807, 2.05) is 4.98 Å². The minimum absolute atomic E-state index is 0.0391. The van der Waals surface area contributed by atoms with Crippen molar-refractivity contribution in [3.05, 3.63) is 51.4 Å². The van der Waals surface area contributed by atoms with Crippen molar-refractivity contribution in [2.75, 3.05) is 6.61 Å². The first kappa shape index (κ1) is 19.5. The monoisotopic (exact) mass is 380 g/mol. The fourth-order valence-electron chi connectivity index (χ4n) is 1.99. The van der Waals surface area contributed by atoms with Crippen LogP contribution >= 0.6 is 0 Å². The Labute approximate surface area is 141 Å². The summed E-state index contributed by atoms with van der Waals surface area (Å²) in [5.41, 5.74) is -5.31. The number of nitrogens with one attached hydrogen (secondary N) is 1. The second-order valence-corrected chi connectivity index (χ2v) is 4.99. The molecule has 26 heavy (non-hydrogen) atoms. The predicted octanol–water partition coefficient (Wildman–Crippen LogP) is 3.65. The molecule has 2 rings (SSSR count). The molecule has 0 aliphatic heterocycles. The predicted molar refractivity (Wildman–Crippen MR) is 76.3 cm³/mol. The van der Waals surface area contributed by atoms with Gasteiger partial charge >= 0.3 is 18.3 Å². The van der Waals surface area contributed by atoms with Gasteiger partial charge in [-0.05, 0) is 25.1 Å². The van der Waals surface area contributed by atoms with E-state index in [2.05, 4.69) is 9.72 Å². The Bertz CT molecular complexity index is 854. The maximum absolute atomic E-state index is 12.9. The summed E-state index contributed by atoms with van der Waals surface area (Å²) in [6.07, 6.45) is -9.36. The van der Waals surface area contributed by atoms with Gasteiger partial charge in [0.1, 0.15) is 11.4 Å². The lowest BCUT2D eigenvalue weighted by Gasteiger charge is -2.14. The summed E-state index contributed by atoms with van der Waals surface area (Å²) in [6, 6.07) is 0.781. The molecule has 0 spiro atoms. The van der Waals surface area contributed by atoms with Gasteiger partial charge in [-0.2, -0.15) is 26.3 Å². The first-order chi connectivity index (χ1) is 11.9. The molecule has 11 heteroatoms. The van der Waals surface area contributed by atoms with Crippen molar-refractivity contribution in [3.8, 4) is 11.4 Å². The maximum atomic E-state index is 12.9. The summed E-state index contributed by atoms with van der Waals surface area (Å²) >= 11 is 0. The van der Waals surface area contributed by atoms with Gasteiger partial charge in [-0.15, -0.1) is 0 Å². The van der Waals surface area contributed by atoms with Gasteiger partial charge in [-0.1, -0.05) is 0 Å². The molecular weight excluding hydrogens is 370 g/mol. The molecule has 1 N–H and O–H groups in total. The van der Waals surface area contributed by atoms with Crippen LogP contribution < -0.4 is 5.56 Å². The number of aromatic nitrogens is 2. The average Bonchev–Trinajstić information content (AvgIpc) is 2.52. The number of rotatable bonds is 3. The minimum Gasteiger partial charge on any atom is -0.462 e. The molecule has 0 radical (unpaired) electrons. The quantitative estimate of drug-likeness (QED) is 0.652. The van der Waals surface area contributed by atoms with E-state index in [-0.39, 0.29) is 12.7 Å². The van der Waals surface area contributed by atoms with E-state index in [0.717, 1.165) is 6.20 Å². The number of esters is 1. The lowest BCUT2D eigenvalue weighted by atomic mass is 10.0. The molecule has 0 fully saturated rings. The molecule has 0 saturated heterocycles. The van der Waals surface area contributed by atoms with Crippen LogP contribution in [0, 0.1) is 0 Å². The SMILES string of the molecule is CCOC(=O)c1cnc(-c2cc(C(F)(F)F)cc(C(F)(F)F)c2)[nH]c1=O. The zero-order valence-corrected chi connectivity index (χ0v) is 13.0. The molecule has 0 bridgehead atoms. The zero-order valence-electron chi connectivity index (χ0n) is 13.0. The summed E-state index contributed by atoms with van der Waals surface area (Å²) in [4.78, 5) is 28.9. The molecule has 140 valence electrons. The first-order valence-electron chi connectivity index (χ1n) is 6.99. The standard InChI is InChI=1S/C15H10F6N2O3/c1-2-26-13(25)10-6-22-11(23-12(10)24)7-3-8(14(16,17)18)5-9(4-7)15(19,20)21/h3-6H,2H2,1H3,(H,22,23,24). The van der Waals surface area contributed by atoms with Crippen molar-refractivity contribution in [3.63, 3.8) is 0 Å². The van der Waals surface area contributed by atoms with Crippen LogP contribution in [0.15, 0.2) is 29.2 Å². The Morgan fingerprint density at radius 3 is 2.04 bits per heavy atom. The highest BCUT2D eigenvalue weighted by Gasteiger charge is 2.37. The smallest absolute Gasteiger partial charge is 0.416 e. The highest BCUT2D eigenvalue weighted by atomic mass is 19.4. The van der Waals surface area contributed by atoms with Gasteiger partial charge in [0.05, 0.1) is 17.7 Å². The van der Waals surface area contributed by atoms with E-state index < -0.39 is 52.0 Å². The molecule has 0 saturated carbocycles. The second kappa shape index (κ2) is 6.81. The highest BCUT2D eigenvalue weighted by Crippen LogP contribution is 2.37. The first-order valence-corrected chi connectivity index (χ1v) is 6.99. The van der Waals surface area contributed by atoms with E-state index in [1.54, 1.807) is 0 Å². The minimum atomic E-state index is -5.04. The normalized spacial score (nSPS) is 12.1. The summed E-state index contributed by atoms with van der Waals surface area (Å²) in [7, 11) is 0. The van der Waals surface area contributed by atoms with Crippen molar-refractivity contribution in [1.82, 2.24) is 9.97 Å². The Morgan fingerprint density at radius 2 is 1.62 bits per heavy atom. The third kappa shape index (κ3) is 4.21. The number of alkyl halides is 6. The van der Waals surface area contributed by atoms with Gasteiger partial charge in [0.25, 0.3) is 5.56 Å². The average molecular weight is 380 g/mol. The van der Waals surface area contributed by atoms with E-state index in [4.69, 9.17) is 0 Å². The van der Waals surface area contributed by atoms with E-state index >= 15 is 0 Å². The highest BCUT2D eigenvalue weighted by molar-refractivity contribution is 5.88. The van der Waals surface area contributed by atoms with Gasteiger partial charge in [0.15, 0.2) is 0 Å². The second-order valence-electron chi connectivity index (χ2n) is 4.99. The molecule has 1 aromatic carbocycles. The van der Waals surface area contributed by atoms with Crippen LogP contribution in [0.3, 0.4) is 0 Å². The number of carbonyl (C=O) groups is 1. The third-order valence-electron chi connectivity index (χ3n) is 3.16. The molecule has 2 aromatic rings. The Morgan fingerprint density at radius 1 is 1.08 bits per heavy atom. The molecule has 0 unspecified atom stereocenters. The van der Waals surface area contributed by atoms with Crippen LogP contribution in [-0.2, 0) is 17.1 Å². The van der Waals surface area contributed by atoms with Crippen molar-refractivity contribution < 1.29 is 35.9 Å². The van der Waals surface area contributed by atoms with Gasteiger partial charge in [0, 0.05) is 11.8 Å². The summed E-state index contributed by atoms with van der Waals surface area (Å²) in [6.45, 7) is 1.44. The number of carbonyl (C=O) groups excluding carboxylic acids is 1.